The monoisotopic (exact) mass is 382 g/mol. The molecule has 5 nitrogen and oxygen atoms in total. The van der Waals surface area contributed by atoms with Gasteiger partial charge in [0.15, 0.2) is 0 Å². The molecule has 138 valence electrons. The van der Waals surface area contributed by atoms with Crippen molar-refractivity contribution in [2.75, 3.05) is 18.5 Å². The van der Waals surface area contributed by atoms with E-state index in [4.69, 9.17) is 16.3 Å². The van der Waals surface area contributed by atoms with Crippen molar-refractivity contribution in [3.63, 3.8) is 0 Å². The van der Waals surface area contributed by atoms with Gasteiger partial charge in [-0.25, -0.2) is 0 Å². The molecule has 0 atom stereocenters. The molecular weight excluding hydrogens is 364 g/mol. The highest BCUT2D eigenvalue weighted by Gasteiger charge is 2.13. The molecular formula is C21H19ClN2O3. The van der Waals surface area contributed by atoms with Gasteiger partial charge in [0, 0.05) is 16.1 Å². The van der Waals surface area contributed by atoms with E-state index in [9.17, 15) is 9.59 Å². The van der Waals surface area contributed by atoms with E-state index in [1.54, 1.807) is 18.2 Å². The average molecular weight is 383 g/mol. The van der Waals surface area contributed by atoms with E-state index >= 15 is 0 Å². The zero-order valence-electron chi connectivity index (χ0n) is 14.8. The Hall–Kier alpha value is -3.05. The van der Waals surface area contributed by atoms with Crippen molar-refractivity contribution in [1.29, 1.82) is 0 Å². The molecule has 3 aromatic carbocycles. The summed E-state index contributed by atoms with van der Waals surface area (Å²) in [6.07, 6.45) is 0. The van der Waals surface area contributed by atoms with E-state index in [2.05, 4.69) is 10.6 Å². The number of benzene rings is 3. The predicted octanol–water partition coefficient (Wildman–Crippen LogP) is 3.94. The summed E-state index contributed by atoms with van der Waals surface area (Å²) >= 11 is 6.01. The van der Waals surface area contributed by atoms with Crippen LogP contribution in [0.4, 0.5) is 5.69 Å². The molecule has 0 aliphatic heterocycles. The third-order valence-electron chi connectivity index (χ3n) is 4.03. The summed E-state index contributed by atoms with van der Waals surface area (Å²) in [6, 6.07) is 18.7. The van der Waals surface area contributed by atoms with E-state index in [0.717, 1.165) is 22.1 Å². The molecule has 6 heteroatoms. The Labute approximate surface area is 162 Å². The van der Waals surface area contributed by atoms with Crippen molar-refractivity contribution >= 4 is 39.9 Å². The van der Waals surface area contributed by atoms with Gasteiger partial charge in [0.25, 0.3) is 0 Å². The minimum Gasteiger partial charge on any atom is -0.491 e. The van der Waals surface area contributed by atoms with Crippen LogP contribution in [0, 0.1) is 6.92 Å². The fraction of sp³-hybridized carbons (Fsp3) is 0.143. The number of halogens is 1. The number of hydrogen-bond donors (Lipinski definition) is 2. The molecule has 0 aromatic heterocycles. The Kier molecular flexibility index (Phi) is 5.94. The van der Waals surface area contributed by atoms with Crippen LogP contribution in [0.2, 0.25) is 5.02 Å². The van der Waals surface area contributed by atoms with Crippen molar-refractivity contribution in [3.8, 4) is 5.75 Å². The second-order valence-electron chi connectivity index (χ2n) is 6.00. The highest BCUT2D eigenvalue weighted by Crippen LogP contribution is 2.24. The number of hydrogen-bond acceptors (Lipinski definition) is 3. The SMILES string of the molecule is Cc1ccc(NC(=O)C(=O)NCCOc2cccc3ccccc23)cc1Cl. The van der Waals surface area contributed by atoms with Gasteiger partial charge in [-0.2, -0.15) is 0 Å². The molecule has 0 radical (unpaired) electrons. The molecule has 0 bridgehead atoms. The van der Waals surface area contributed by atoms with Crippen molar-refractivity contribution in [1.82, 2.24) is 5.32 Å². The summed E-state index contributed by atoms with van der Waals surface area (Å²) in [5.41, 5.74) is 1.36. The largest absolute Gasteiger partial charge is 0.491 e. The van der Waals surface area contributed by atoms with Crippen LogP contribution in [0.25, 0.3) is 10.8 Å². The van der Waals surface area contributed by atoms with E-state index in [1.807, 2.05) is 49.4 Å². The summed E-state index contributed by atoms with van der Waals surface area (Å²) in [4.78, 5) is 23.9. The molecule has 0 spiro atoms. The third kappa shape index (κ3) is 4.77. The lowest BCUT2D eigenvalue weighted by molar-refractivity contribution is -0.136. The molecule has 0 aliphatic rings. The fourth-order valence-corrected chi connectivity index (χ4v) is 2.77. The molecule has 0 aliphatic carbocycles. The number of nitrogens with one attached hydrogen (secondary N) is 2. The van der Waals surface area contributed by atoms with Gasteiger partial charge in [0.2, 0.25) is 0 Å². The van der Waals surface area contributed by atoms with E-state index in [0.29, 0.717) is 10.7 Å². The van der Waals surface area contributed by atoms with Crippen LogP contribution in [-0.2, 0) is 9.59 Å². The summed E-state index contributed by atoms with van der Waals surface area (Å²) in [7, 11) is 0. The third-order valence-corrected chi connectivity index (χ3v) is 4.44. The Morgan fingerprint density at radius 3 is 2.59 bits per heavy atom. The van der Waals surface area contributed by atoms with E-state index in [1.165, 1.54) is 0 Å². The van der Waals surface area contributed by atoms with Crippen molar-refractivity contribution in [2.24, 2.45) is 0 Å². The van der Waals surface area contributed by atoms with E-state index in [-0.39, 0.29) is 13.2 Å². The first-order valence-electron chi connectivity index (χ1n) is 8.50. The van der Waals surface area contributed by atoms with Crippen LogP contribution in [0.1, 0.15) is 5.56 Å². The van der Waals surface area contributed by atoms with Crippen molar-refractivity contribution < 1.29 is 14.3 Å². The van der Waals surface area contributed by atoms with Crippen molar-refractivity contribution in [3.05, 3.63) is 71.2 Å². The lowest BCUT2D eigenvalue weighted by atomic mass is 10.1. The Morgan fingerprint density at radius 2 is 1.78 bits per heavy atom. The highest BCUT2D eigenvalue weighted by atomic mass is 35.5. The van der Waals surface area contributed by atoms with Crippen LogP contribution in [0.5, 0.6) is 5.75 Å². The topological polar surface area (TPSA) is 67.4 Å². The van der Waals surface area contributed by atoms with Gasteiger partial charge in [-0.05, 0) is 36.1 Å². The fourth-order valence-electron chi connectivity index (χ4n) is 2.59. The summed E-state index contributed by atoms with van der Waals surface area (Å²) in [5, 5.41) is 7.66. The number of aryl methyl sites for hydroxylation is 1. The minimum absolute atomic E-state index is 0.212. The minimum atomic E-state index is -0.750. The van der Waals surface area contributed by atoms with Gasteiger partial charge in [-0.3, -0.25) is 9.59 Å². The molecule has 0 saturated carbocycles. The highest BCUT2D eigenvalue weighted by molar-refractivity contribution is 6.39. The molecule has 27 heavy (non-hydrogen) atoms. The second-order valence-corrected chi connectivity index (χ2v) is 6.41. The molecule has 0 saturated heterocycles. The number of fused-ring (bicyclic) bond motifs is 1. The lowest BCUT2D eigenvalue weighted by Gasteiger charge is -2.10. The first kappa shape index (κ1) is 18.7. The molecule has 0 heterocycles. The van der Waals surface area contributed by atoms with Crippen LogP contribution in [0.3, 0.4) is 0 Å². The van der Waals surface area contributed by atoms with Crippen LogP contribution < -0.4 is 15.4 Å². The van der Waals surface area contributed by atoms with E-state index < -0.39 is 11.8 Å². The molecule has 2 N–H and O–H groups in total. The van der Waals surface area contributed by atoms with Crippen LogP contribution in [-0.4, -0.2) is 25.0 Å². The predicted molar refractivity (Wildman–Crippen MR) is 107 cm³/mol. The maximum absolute atomic E-state index is 11.9. The number of amides is 2. The molecule has 0 unspecified atom stereocenters. The van der Waals surface area contributed by atoms with Gasteiger partial charge in [0.1, 0.15) is 12.4 Å². The Balaban J connectivity index is 1.49. The quantitative estimate of drug-likeness (QED) is 0.519. The normalized spacial score (nSPS) is 10.4. The number of carbonyl (C=O) groups excluding carboxylic acids is 2. The Bertz CT molecular complexity index is 983. The standard InChI is InChI=1S/C21H19ClN2O3/c1-14-9-10-16(13-18(14)22)24-21(26)20(25)23-11-12-27-19-8-4-6-15-5-2-3-7-17(15)19/h2-10,13H,11-12H2,1H3,(H,23,25)(H,24,26). The molecule has 3 aromatic rings. The second kappa shape index (κ2) is 8.56. The first-order valence-corrected chi connectivity index (χ1v) is 8.88. The zero-order chi connectivity index (χ0) is 19.2. The number of rotatable bonds is 5. The zero-order valence-corrected chi connectivity index (χ0v) is 15.5. The Morgan fingerprint density at radius 1 is 1.00 bits per heavy atom. The van der Waals surface area contributed by atoms with Gasteiger partial charge in [0.05, 0.1) is 6.54 Å². The maximum Gasteiger partial charge on any atom is 0.313 e. The molecule has 3 rings (SSSR count). The smallest absolute Gasteiger partial charge is 0.313 e. The van der Waals surface area contributed by atoms with Gasteiger partial charge >= 0.3 is 11.8 Å². The summed E-state index contributed by atoms with van der Waals surface area (Å²) in [6.45, 7) is 2.32. The van der Waals surface area contributed by atoms with Crippen LogP contribution >= 0.6 is 11.6 Å². The van der Waals surface area contributed by atoms with Gasteiger partial charge < -0.3 is 15.4 Å². The van der Waals surface area contributed by atoms with Crippen molar-refractivity contribution in [2.45, 2.75) is 6.92 Å². The van der Waals surface area contributed by atoms with Gasteiger partial charge in [-0.15, -0.1) is 0 Å². The van der Waals surface area contributed by atoms with Crippen LogP contribution in [0.15, 0.2) is 60.7 Å². The van der Waals surface area contributed by atoms with Gasteiger partial charge in [-0.1, -0.05) is 54.1 Å². The molecule has 0 fully saturated rings. The summed E-state index contributed by atoms with van der Waals surface area (Å²) < 4.78 is 5.73. The lowest BCUT2D eigenvalue weighted by Crippen LogP contribution is -2.37. The number of anilines is 1. The summed E-state index contributed by atoms with van der Waals surface area (Å²) in [5.74, 6) is -0.741. The first-order chi connectivity index (χ1) is 13.0. The number of ether oxygens (including phenoxy) is 1. The number of carbonyl (C=O) groups is 2. The average Bonchev–Trinajstić information content (AvgIpc) is 2.68. The maximum atomic E-state index is 11.9. The molecule has 2 amide bonds.